The molecule has 5 heteroatoms. The van der Waals surface area contributed by atoms with Gasteiger partial charge in [-0.3, -0.25) is 9.79 Å². The van der Waals surface area contributed by atoms with E-state index in [1.165, 1.54) is 6.92 Å². The van der Waals surface area contributed by atoms with E-state index in [0.717, 1.165) is 0 Å². The second kappa shape index (κ2) is 3.60. The van der Waals surface area contributed by atoms with Gasteiger partial charge in [-0.25, -0.2) is 4.79 Å². The Bertz CT molecular complexity index is 181. The van der Waals surface area contributed by atoms with E-state index in [1.807, 2.05) is 0 Å². The van der Waals surface area contributed by atoms with Gasteiger partial charge < -0.3 is 10.8 Å². The van der Waals surface area contributed by atoms with Crippen LogP contribution in [-0.4, -0.2) is 29.2 Å². The third-order valence-electron chi connectivity index (χ3n) is 0.711. The van der Waals surface area contributed by atoms with Gasteiger partial charge >= 0.3 is 5.97 Å². The summed E-state index contributed by atoms with van der Waals surface area (Å²) in [7, 11) is 0. The second-order valence-electron chi connectivity index (χ2n) is 1.69. The average Bonchev–Trinajstić information content (AvgIpc) is 1.82. The van der Waals surface area contributed by atoms with Crippen molar-refractivity contribution in [2.75, 3.05) is 6.54 Å². The summed E-state index contributed by atoms with van der Waals surface area (Å²) in [4.78, 5) is 23.5. The first-order valence-electron chi connectivity index (χ1n) is 2.56. The molecular weight excluding hydrogens is 136 g/mol. The Labute approximate surface area is 57.6 Å². The fourth-order valence-corrected chi connectivity index (χ4v) is 0.264. The van der Waals surface area contributed by atoms with Crippen molar-refractivity contribution >= 4 is 17.6 Å². The lowest BCUT2D eigenvalue weighted by Crippen LogP contribution is -2.17. The molecule has 0 aromatic carbocycles. The maximum atomic E-state index is 10.3. The lowest BCUT2D eigenvalue weighted by atomic mass is 10.4. The molecule has 0 aliphatic carbocycles. The van der Waals surface area contributed by atoms with Gasteiger partial charge in [0.1, 0.15) is 6.54 Å². The topological polar surface area (TPSA) is 92.8 Å². The van der Waals surface area contributed by atoms with E-state index in [2.05, 4.69) is 4.99 Å². The first-order valence-corrected chi connectivity index (χ1v) is 2.56. The number of aliphatic imine (C=N–C) groups is 1. The van der Waals surface area contributed by atoms with Gasteiger partial charge in [0.2, 0.25) is 0 Å². The van der Waals surface area contributed by atoms with Crippen molar-refractivity contribution in [3.63, 3.8) is 0 Å². The number of carbonyl (C=O) groups is 2. The average molecular weight is 144 g/mol. The number of aliphatic carboxylic acids is 1. The number of carboxylic acid groups (broad SMARTS) is 1. The van der Waals surface area contributed by atoms with E-state index in [0.29, 0.717) is 0 Å². The first-order chi connectivity index (χ1) is 4.54. The summed E-state index contributed by atoms with van der Waals surface area (Å²) in [6.07, 6.45) is 0. The third kappa shape index (κ3) is 3.59. The summed E-state index contributed by atoms with van der Waals surface area (Å²) in [6.45, 7) is 1.10. The number of hydrogen-bond acceptors (Lipinski definition) is 3. The van der Waals surface area contributed by atoms with Gasteiger partial charge in [0.15, 0.2) is 0 Å². The standard InChI is InChI=1S/C5H8N2O3/c1-3(6)7-2-4(8)5(9)10/h2H2,1H3,(H2,6,7)(H,9,10). The highest BCUT2D eigenvalue weighted by Gasteiger charge is 2.08. The quantitative estimate of drug-likeness (QED) is 0.302. The Kier molecular flexibility index (Phi) is 3.10. The molecule has 0 amide bonds. The van der Waals surface area contributed by atoms with Crippen LogP contribution < -0.4 is 5.73 Å². The molecule has 0 saturated carbocycles. The maximum absolute atomic E-state index is 10.3. The third-order valence-corrected chi connectivity index (χ3v) is 0.711. The lowest BCUT2D eigenvalue weighted by Gasteiger charge is -1.88. The predicted molar refractivity (Wildman–Crippen MR) is 34.8 cm³/mol. The van der Waals surface area contributed by atoms with Crippen LogP contribution >= 0.6 is 0 Å². The number of Topliss-reactive ketones (excluding diaryl/α,β-unsaturated/α-hetero) is 1. The largest absolute Gasteiger partial charge is 0.475 e. The Morgan fingerprint density at radius 2 is 2.10 bits per heavy atom. The molecule has 0 heterocycles. The summed E-state index contributed by atoms with van der Waals surface area (Å²) >= 11 is 0. The highest BCUT2D eigenvalue weighted by atomic mass is 16.4. The van der Waals surface area contributed by atoms with Gasteiger partial charge in [0.05, 0.1) is 5.84 Å². The zero-order valence-electron chi connectivity index (χ0n) is 5.50. The molecule has 0 rings (SSSR count). The molecule has 0 unspecified atom stereocenters. The highest BCUT2D eigenvalue weighted by molar-refractivity contribution is 6.33. The predicted octanol–water partition coefficient (Wildman–Crippen LogP) is -0.983. The van der Waals surface area contributed by atoms with E-state index < -0.39 is 11.8 Å². The molecule has 0 bridgehead atoms. The number of nitrogens with zero attached hydrogens (tertiary/aromatic N) is 1. The summed E-state index contributed by atoms with van der Waals surface area (Å²) in [5, 5.41) is 8.04. The van der Waals surface area contributed by atoms with Crippen LogP contribution in [0.1, 0.15) is 6.92 Å². The molecule has 3 N–H and O–H groups in total. The Morgan fingerprint density at radius 3 is 2.40 bits per heavy atom. The number of rotatable bonds is 3. The van der Waals surface area contributed by atoms with Gasteiger partial charge in [-0.1, -0.05) is 0 Å². The fourth-order valence-electron chi connectivity index (χ4n) is 0.264. The molecule has 0 saturated heterocycles. The van der Waals surface area contributed by atoms with Crippen LogP contribution in [0.3, 0.4) is 0 Å². The van der Waals surface area contributed by atoms with Crippen LogP contribution in [0.15, 0.2) is 4.99 Å². The minimum atomic E-state index is -1.48. The van der Waals surface area contributed by atoms with Crippen molar-refractivity contribution in [3.8, 4) is 0 Å². The summed E-state index contributed by atoms with van der Waals surface area (Å²) in [5.74, 6) is -2.23. The Morgan fingerprint density at radius 1 is 1.60 bits per heavy atom. The molecule has 56 valence electrons. The minimum Gasteiger partial charge on any atom is -0.475 e. The Hall–Kier alpha value is -1.39. The molecule has 5 nitrogen and oxygen atoms in total. The molecular formula is C5H8N2O3. The zero-order chi connectivity index (χ0) is 8.15. The van der Waals surface area contributed by atoms with Crippen LogP contribution in [0.4, 0.5) is 0 Å². The number of nitrogens with two attached hydrogens (primary N) is 1. The monoisotopic (exact) mass is 144 g/mol. The maximum Gasteiger partial charge on any atom is 0.374 e. The smallest absolute Gasteiger partial charge is 0.374 e. The molecule has 0 spiro atoms. The van der Waals surface area contributed by atoms with Crippen LogP contribution in [0.25, 0.3) is 0 Å². The zero-order valence-corrected chi connectivity index (χ0v) is 5.50. The Balaban J connectivity index is 3.83. The number of ketones is 1. The van der Waals surface area contributed by atoms with E-state index in [4.69, 9.17) is 10.8 Å². The molecule has 0 aromatic heterocycles. The lowest BCUT2D eigenvalue weighted by molar-refractivity contribution is -0.148. The van der Waals surface area contributed by atoms with E-state index in [1.54, 1.807) is 0 Å². The SMILES string of the molecule is CC(N)=NCC(=O)C(=O)O. The van der Waals surface area contributed by atoms with Gasteiger partial charge in [-0.05, 0) is 6.92 Å². The molecule has 0 atom stereocenters. The number of hydrogen-bond donors (Lipinski definition) is 2. The van der Waals surface area contributed by atoms with Crippen molar-refractivity contribution < 1.29 is 14.7 Å². The number of carboxylic acids is 1. The molecule has 0 radical (unpaired) electrons. The van der Waals surface area contributed by atoms with Gasteiger partial charge in [0.25, 0.3) is 5.78 Å². The van der Waals surface area contributed by atoms with Gasteiger partial charge in [-0.15, -0.1) is 0 Å². The van der Waals surface area contributed by atoms with E-state index in [9.17, 15) is 9.59 Å². The van der Waals surface area contributed by atoms with Crippen molar-refractivity contribution in [2.45, 2.75) is 6.92 Å². The van der Waals surface area contributed by atoms with Crippen molar-refractivity contribution in [1.82, 2.24) is 0 Å². The van der Waals surface area contributed by atoms with Crippen LogP contribution in [0.2, 0.25) is 0 Å². The number of amidine groups is 1. The fraction of sp³-hybridized carbons (Fsp3) is 0.400. The first kappa shape index (κ1) is 8.61. The van der Waals surface area contributed by atoms with Crippen molar-refractivity contribution in [2.24, 2.45) is 10.7 Å². The summed E-state index contributed by atoms with van der Waals surface area (Å²) in [6, 6.07) is 0. The van der Waals surface area contributed by atoms with Crippen LogP contribution in [0, 0.1) is 0 Å². The molecule has 10 heavy (non-hydrogen) atoms. The van der Waals surface area contributed by atoms with E-state index >= 15 is 0 Å². The number of carbonyl (C=O) groups excluding carboxylic acids is 1. The molecule has 0 aliphatic rings. The second-order valence-corrected chi connectivity index (χ2v) is 1.69. The van der Waals surface area contributed by atoms with E-state index in [-0.39, 0.29) is 12.4 Å². The molecule has 0 fully saturated rings. The van der Waals surface area contributed by atoms with Crippen molar-refractivity contribution in [1.29, 1.82) is 0 Å². The molecule has 0 aliphatic heterocycles. The summed E-state index contributed by atoms with van der Waals surface area (Å²) < 4.78 is 0. The van der Waals surface area contributed by atoms with Crippen molar-refractivity contribution in [3.05, 3.63) is 0 Å². The molecule has 0 aromatic rings. The minimum absolute atomic E-state index is 0.203. The van der Waals surface area contributed by atoms with Crippen LogP contribution in [-0.2, 0) is 9.59 Å². The summed E-state index contributed by atoms with van der Waals surface area (Å²) in [5.41, 5.74) is 5.05. The normalized spacial score (nSPS) is 11.1. The van der Waals surface area contributed by atoms with Gasteiger partial charge in [-0.2, -0.15) is 0 Å². The van der Waals surface area contributed by atoms with Crippen LogP contribution in [0.5, 0.6) is 0 Å². The van der Waals surface area contributed by atoms with Gasteiger partial charge in [0, 0.05) is 0 Å². The highest BCUT2D eigenvalue weighted by Crippen LogP contribution is 1.75.